The largest absolute Gasteiger partial charge is 0.481 e. The number of aromatic nitrogens is 1. The lowest BCUT2D eigenvalue weighted by molar-refractivity contribution is -0.136. The van der Waals surface area contributed by atoms with Crippen LogP contribution in [0.4, 0.5) is 0 Å². The quantitative estimate of drug-likeness (QED) is 0.839. The average Bonchev–Trinajstić information content (AvgIpc) is 2.76. The Bertz CT molecular complexity index is 359. The van der Waals surface area contributed by atoms with Crippen molar-refractivity contribution in [1.29, 1.82) is 0 Å². The van der Waals surface area contributed by atoms with Crippen LogP contribution in [0.3, 0.4) is 0 Å². The van der Waals surface area contributed by atoms with Gasteiger partial charge < -0.3 is 10.4 Å². The molecule has 2 rings (SSSR count). The molecule has 1 aliphatic heterocycles. The summed E-state index contributed by atoms with van der Waals surface area (Å²) in [5, 5.41) is 15.1. The van der Waals surface area contributed by atoms with E-state index in [9.17, 15) is 4.79 Å². The number of hydrogen-bond acceptors (Lipinski definition) is 4. The minimum atomic E-state index is -0.753. The summed E-state index contributed by atoms with van der Waals surface area (Å²) < 4.78 is 0. The van der Waals surface area contributed by atoms with Gasteiger partial charge in [-0.15, -0.1) is 11.3 Å². The van der Waals surface area contributed by atoms with Gasteiger partial charge in [-0.05, 0) is 25.9 Å². The van der Waals surface area contributed by atoms with Crippen LogP contribution in [-0.4, -0.2) is 29.1 Å². The number of carboxylic acid groups (broad SMARTS) is 1. The first-order chi connectivity index (χ1) is 7.75. The Kier molecular flexibility index (Phi) is 3.90. The van der Waals surface area contributed by atoms with Gasteiger partial charge in [-0.1, -0.05) is 0 Å². The van der Waals surface area contributed by atoms with Crippen molar-refractivity contribution in [3.05, 3.63) is 16.1 Å². The molecule has 0 saturated carbocycles. The van der Waals surface area contributed by atoms with Crippen molar-refractivity contribution in [3.63, 3.8) is 0 Å². The Balaban J connectivity index is 1.93. The number of aryl methyl sites for hydroxylation is 1. The first-order valence-electron chi connectivity index (χ1n) is 5.62. The summed E-state index contributed by atoms with van der Waals surface area (Å²) in [5.41, 5.74) is 0.931. The van der Waals surface area contributed by atoms with E-state index in [4.69, 9.17) is 5.11 Å². The van der Waals surface area contributed by atoms with Crippen molar-refractivity contribution >= 4 is 17.3 Å². The van der Waals surface area contributed by atoms with E-state index in [-0.39, 0.29) is 6.42 Å². The van der Waals surface area contributed by atoms with Gasteiger partial charge in [0.25, 0.3) is 0 Å². The third-order valence-electron chi connectivity index (χ3n) is 2.85. The van der Waals surface area contributed by atoms with Crippen LogP contribution >= 0.6 is 11.3 Å². The van der Waals surface area contributed by atoms with E-state index in [1.807, 2.05) is 5.38 Å². The molecule has 16 heavy (non-hydrogen) atoms. The molecule has 1 fully saturated rings. The molecule has 1 aliphatic rings. The molecule has 0 radical (unpaired) electrons. The molecular weight excluding hydrogens is 224 g/mol. The van der Waals surface area contributed by atoms with Crippen molar-refractivity contribution in [2.75, 3.05) is 13.1 Å². The molecule has 0 aliphatic carbocycles. The molecule has 0 spiro atoms. The second-order valence-electron chi connectivity index (χ2n) is 4.10. The highest BCUT2D eigenvalue weighted by Gasteiger charge is 2.18. The Morgan fingerprint density at radius 2 is 2.31 bits per heavy atom. The molecule has 0 bridgehead atoms. The number of thiazole rings is 1. The summed E-state index contributed by atoms with van der Waals surface area (Å²) in [6, 6.07) is 0. The van der Waals surface area contributed by atoms with Gasteiger partial charge in [0.2, 0.25) is 0 Å². The maximum absolute atomic E-state index is 10.4. The van der Waals surface area contributed by atoms with Gasteiger partial charge in [0.1, 0.15) is 0 Å². The Morgan fingerprint density at radius 1 is 1.56 bits per heavy atom. The maximum Gasteiger partial charge on any atom is 0.303 e. The van der Waals surface area contributed by atoms with Gasteiger partial charge in [-0.25, -0.2) is 4.98 Å². The normalized spacial score (nSPS) is 17.5. The monoisotopic (exact) mass is 240 g/mol. The topological polar surface area (TPSA) is 62.2 Å². The number of nitrogens with one attached hydrogen (secondary N) is 1. The van der Waals surface area contributed by atoms with Gasteiger partial charge in [-0.3, -0.25) is 4.79 Å². The second-order valence-corrected chi connectivity index (χ2v) is 4.98. The third-order valence-corrected chi connectivity index (χ3v) is 3.91. The standard InChI is InChI=1S/C11H16N2O2S/c14-10(15)2-1-9-7-16-11(13-9)8-3-5-12-6-4-8/h7-8,12H,1-6H2,(H,14,15). The lowest BCUT2D eigenvalue weighted by Gasteiger charge is -2.20. The number of nitrogens with zero attached hydrogens (tertiary/aromatic N) is 1. The highest BCUT2D eigenvalue weighted by atomic mass is 32.1. The van der Waals surface area contributed by atoms with Gasteiger partial charge in [0.05, 0.1) is 17.1 Å². The zero-order valence-electron chi connectivity index (χ0n) is 9.11. The van der Waals surface area contributed by atoms with Crippen molar-refractivity contribution in [3.8, 4) is 0 Å². The number of piperidine rings is 1. The van der Waals surface area contributed by atoms with Crippen LogP contribution in [0.2, 0.25) is 0 Å². The predicted octanol–water partition coefficient (Wildman–Crippen LogP) is 1.63. The van der Waals surface area contributed by atoms with Crippen LogP contribution in [0.5, 0.6) is 0 Å². The predicted molar refractivity (Wildman–Crippen MR) is 62.9 cm³/mol. The first kappa shape index (κ1) is 11.5. The lowest BCUT2D eigenvalue weighted by Crippen LogP contribution is -2.26. The molecule has 5 heteroatoms. The maximum atomic E-state index is 10.4. The van der Waals surface area contributed by atoms with E-state index < -0.39 is 5.97 Å². The van der Waals surface area contributed by atoms with Crippen molar-refractivity contribution in [2.45, 2.75) is 31.6 Å². The fourth-order valence-corrected chi connectivity index (χ4v) is 2.95. The van der Waals surface area contributed by atoms with Crippen LogP contribution < -0.4 is 5.32 Å². The number of carboxylic acids is 1. The summed E-state index contributed by atoms with van der Waals surface area (Å²) >= 11 is 1.68. The van der Waals surface area contributed by atoms with Gasteiger partial charge in [0, 0.05) is 17.7 Å². The highest BCUT2D eigenvalue weighted by Crippen LogP contribution is 2.28. The molecule has 0 aromatic carbocycles. The Hall–Kier alpha value is -0.940. The van der Waals surface area contributed by atoms with Crippen molar-refractivity contribution in [1.82, 2.24) is 10.3 Å². The molecule has 88 valence electrons. The van der Waals surface area contributed by atoms with Crippen LogP contribution in [-0.2, 0) is 11.2 Å². The molecule has 0 atom stereocenters. The fourth-order valence-electron chi connectivity index (χ4n) is 1.93. The molecular formula is C11H16N2O2S. The summed E-state index contributed by atoms with van der Waals surface area (Å²) in [4.78, 5) is 15.0. The number of hydrogen-bond donors (Lipinski definition) is 2. The van der Waals surface area contributed by atoms with Gasteiger partial charge >= 0.3 is 5.97 Å². The Labute approximate surface area is 98.7 Å². The molecule has 2 heterocycles. The van der Waals surface area contributed by atoms with E-state index in [0.29, 0.717) is 12.3 Å². The Morgan fingerprint density at radius 3 is 3.00 bits per heavy atom. The molecule has 0 amide bonds. The number of aliphatic carboxylic acids is 1. The number of carbonyl (C=O) groups is 1. The second kappa shape index (κ2) is 5.41. The van der Waals surface area contributed by atoms with E-state index in [1.54, 1.807) is 11.3 Å². The molecule has 2 N–H and O–H groups in total. The molecule has 1 aromatic heterocycles. The SMILES string of the molecule is O=C(O)CCc1csc(C2CCNCC2)n1. The van der Waals surface area contributed by atoms with E-state index >= 15 is 0 Å². The van der Waals surface area contributed by atoms with E-state index in [1.165, 1.54) is 5.01 Å². The summed E-state index contributed by atoms with van der Waals surface area (Å²) in [5.74, 6) is -0.179. The van der Waals surface area contributed by atoms with Crippen molar-refractivity contribution in [2.24, 2.45) is 0 Å². The minimum Gasteiger partial charge on any atom is -0.481 e. The number of rotatable bonds is 4. The zero-order valence-corrected chi connectivity index (χ0v) is 9.92. The summed E-state index contributed by atoms with van der Waals surface area (Å²) in [7, 11) is 0. The van der Waals surface area contributed by atoms with Gasteiger partial charge in [-0.2, -0.15) is 0 Å². The van der Waals surface area contributed by atoms with Crippen LogP contribution in [0, 0.1) is 0 Å². The van der Waals surface area contributed by atoms with E-state index in [0.717, 1.165) is 31.6 Å². The average molecular weight is 240 g/mol. The molecule has 1 saturated heterocycles. The molecule has 4 nitrogen and oxygen atoms in total. The van der Waals surface area contributed by atoms with Crippen LogP contribution in [0.15, 0.2) is 5.38 Å². The highest BCUT2D eigenvalue weighted by molar-refractivity contribution is 7.09. The smallest absolute Gasteiger partial charge is 0.303 e. The third kappa shape index (κ3) is 3.02. The van der Waals surface area contributed by atoms with Crippen LogP contribution in [0.25, 0.3) is 0 Å². The first-order valence-corrected chi connectivity index (χ1v) is 6.50. The zero-order chi connectivity index (χ0) is 11.4. The minimum absolute atomic E-state index is 0.176. The molecule has 0 unspecified atom stereocenters. The summed E-state index contributed by atoms with van der Waals surface area (Å²) in [6.45, 7) is 2.13. The van der Waals surface area contributed by atoms with Crippen molar-refractivity contribution < 1.29 is 9.90 Å². The lowest BCUT2D eigenvalue weighted by atomic mass is 9.99. The van der Waals surface area contributed by atoms with E-state index in [2.05, 4.69) is 10.3 Å². The van der Waals surface area contributed by atoms with Crippen LogP contribution in [0.1, 0.15) is 35.9 Å². The fraction of sp³-hybridized carbons (Fsp3) is 0.636. The molecule has 1 aromatic rings. The summed E-state index contributed by atoms with van der Waals surface area (Å²) in [6.07, 6.45) is 3.02. The van der Waals surface area contributed by atoms with Gasteiger partial charge in [0.15, 0.2) is 0 Å².